The standard InChI is InChI=1S/C16H21N3O4/c20-14(18-16(23)17-13-6-2-1-3-7-13)8-10-19-9-4-5-12(11-19)15(21)22/h1-3,6-7,12H,4-5,8-11H2,(H,21,22)(H2,17,18,20,23). The van der Waals surface area contributed by atoms with Crippen LogP contribution in [-0.4, -0.2) is 47.5 Å². The lowest BCUT2D eigenvalue weighted by Gasteiger charge is -2.30. The minimum atomic E-state index is -0.790. The monoisotopic (exact) mass is 319 g/mol. The topological polar surface area (TPSA) is 98.7 Å². The third-order valence-corrected chi connectivity index (χ3v) is 3.79. The van der Waals surface area contributed by atoms with Crippen LogP contribution in [-0.2, 0) is 9.59 Å². The van der Waals surface area contributed by atoms with E-state index in [-0.39, 0.29) is 18.2 Å². The molecule has 2 rings (SSSR count). The third-order valence-electron chi connectivity index (χ3n) is 3.79. The Hall–Kier alpha value is -2.41. The van der Waals surface area contributed by atoms with E-state index >= 15 is 0 Å². The van der Waals surface area contributed by atoms with Crippen LogP contribution in [0.25, 0.3) is 0 Å². The largest absolute Gasteiger partial charge is 0.481 e. The summed E-state index contributed by atoms with van der Waals surface area (Å²) in [5, 5.41) is 13.9. The second-order valence-corrected chi connectivity index (χ2v) is 5.60. The van der Waals surface area contributed by atoms with Gasteiger partial charge < -0.3 is 15.3 Å². The number of amides is 3. The molecule has 1 aromatic rings. The first-order valence-electron chi connectivity index (χ1n) is 7.65. The average molecular weight is 319 g/mol. The minimum absolute atomic E-state index is 0.161. The van der Waals surface area contributed by atoms with Crippen molar-refractivity contribution >= 4 is 23.6 Å². The van der Waals surface area contributed by atoms with Crippen molar-refractivity contribution in [3.05, 3.63) is 30.3 Å². The van der Waals surface area contributed by atoms with Crippen LogP contribution < -0.4 is 10.6 Å². The zero-order chi connectivity index (χ0) is 16.7. The molecule has 1 aliphatic rings. The molecule has 7 heteroatoms. The number of urea groups is 1. The van der Waals surface area contributed by atoms with Gasteiger partial charge in [-0.1, -0.05) is 18.2 Å². The molecular weight excluding hydrogens is 298 g/mol. The molecule has 1 atom stereocenters. The summed E-state index contributed by atoms with van der Waals surface area (Å²) in [6.07, 6.45) is 1.65. The highest BCUT2D eigenvalue weighted by Crippen LogP contribution is 2.16. The van der Waals surface area contributed by atoms with Gasteiger partial charge in [0.15, 0.2) is 0 Å². The quantitative estimate of drug-likeness (QED) is 0.764. The zero-order valence-corrected chi connectivity index (χ0v) is 12.8. The summed E-state index contributed by atoms with van der Waals surface area (Å²) >= 11 is 0. The number of para-hydroxylation sites is 1. The molecule has 0 spiro atoms. The maximum atomic E-state index is 11.8. The number of likely N-dealkylation sites (tertiary alicyclic amines) is 1. The van der Waals surface area contributed by atoms with Gasteiger partial charge in [0.25, 0.3) is 0 Å². The van der Waals surface area contributed by atoms with Gasteiger partial charge in [-0.15, -0.1) is 0 Å². The predicted molar refractivity (Wildman–Crippen MR) is 85.0 cm³/mol. The van der Waals surface area contributed by atoms with Gasteiger partial charge >= 0.3 is 12.0 Å². The van der Waals surface area contributed by atoms with E-state index in [0.29, 0.717) is 25.2 Å². The van der Waals surface area contributed by atoms with Crippen LogP contribution in [0.2, 0.25) is 0 Å². The summed E-state index contributed by atoms with van der Waals surface area (Å²) in [7, 11) is 0. The zero-order valence-electron chi connectivity index (χ0n) is 12.8. The van der Waals surface area contributed by atoms with E-state index in [9.17, 15) is 14.4 Å². The Balaban J connectivity index is 1.70. The maximum Gasteiger partial charge on any atom is 0.325 e. The van der Waals surface area contributed by atoms with Crippen LogP contribution in [0.1, 0.15) is 19.3 Å². The molecule has 7 nitrogen and oxygen atoms in total. The molecule has 1 unspecified atom stereocenters. The summed E-state index contributed by atoms with van der Waals surface area (Å²) in [5.74, 6) is -1.54. The molecule has 0 radical (unpaired) electrons. The van der Waals surface area contributed by atoms with Gasteiger partial charge in [0.1, 0.15) is 0 Å². The van der Waals surface area contributed by atoms with Gasteiger partial charge in [0.05, 0.1) is 5.92 Å². The van der Waals surface area contributed by atoms with Gasteiger partial charge in [-0.2, -0.15) is 0 Å². The van der Waals surface area contributed by atoms with Crippen molar-refractivity contribution in [3.63, 3.8) is 0 Å². The van der Waals surface area contributed by atoms with E-state index in [0.717, 1.165) is 13.0 Å². The Labute approximate surface area is 134 Å². The lowest BCUT2D eigenvalue weighted by molar-refractivity contribution is -0.143. The molecule has 3 N–H and O–H groups in total. The maximum absolute atomic E-state index is 11.8. The van der Waals surface area contributed by atoms with Crippen molar-refractivity contribution in [2.24, 2.45) is 5.92 Å². The van der Waals surface area contributed by atoms with Gasteiger partial charge in [0.2, 0.25) is 5.91 Å². The van der Waals surface area contributed by atoms with Crippen LogP contribution in [0, 0.1) is 5.92 Å². The molecule has 23 heavy (non-hydrogen) atoms. The first-order valence-corrected chi connectivity index (χ1v) is 7.65. The molecule has 1 aromatic carbocycles. The van der Waals surface area contributed by atoms with Crippen LogP contribution in [0.4, 0.5) is 10.5 Å². The van der Waals surface area contributed by atoms with E-state index in [1.54, 1.807) is 24.3 Å². The Morgan fingerprint density at radius 2 is 1.96 bits per heavy atom. The molecule has 1 heterocycles. The lowest BCUT2D eigenvalue weighted by Crippen LogP contribution is -2.41. The molecule has 0 aliphatic carbocycles. The van der Waals surface area contributed by atoms with E-state index in [4.69, 9.17) is 5.11 Å². The predicted octanol–water partition coefficient (Wildman–Crippen LogP) is 1.52. The van der Waals surface area contributed by atoms with Crippen molar-refractivity contribution in [2.75, 3.05) is 25.0 Å². The summed E-state index contributed by atoms with van der Waals surface area (Å²) in [6, 6.07) is 8.28. The number of carbonyl (C=O) groups is 3. The van der Waals surface area contributed by atoms with E-state index in [1.165, 1.54) is 0 Å². The van der Waals surface area contributed by atoms with Gasteiger partial charge in [-0.3, -0.25) is 14.9 Å². The summed E-state index contributed by atoms with van der Waals surface area (Å²) < 4.78 is 0. The smallest absolute Gasteiger partial charge is 0.325 e. The average Bonchev–Trinajstić information content (AvgIpc) is 2.54. The normalized spacial score (nSPS) is 18.2. The number of hydrogen-bond donors (Lipinski definition) is 3. The first-order chi connectivity index (χ1) is 11.0. The number of nitrogens with one attached hydrogen (secondary N) is 2. The van der Waals surface area contributed by atoms with Crippen LogP contribution in [0.5, 0.6) is 0 Å². The minimum Gasteiger partial charge on any atom is -0.481 e. The number of carboxylic acid groups (broad SMARTS) is 1. The lowest BCUT2D eigenvalue weighted by atomic mass is 9.98. The number of imide groups is 1. The first kappa shape index (κ1) is 17.0. The molecule has 1 fully saturated rings. The van der Waals surface area contributed by atoms with Crippen molar-refractivity contribution in [1.82, 2.24) is 10.2 Å². The molecule has 0 aromatic heterocycles. The van der Waals surface area contributed by atoms with E-state index in [2.05, 4.69) is 10.6 Å². The summed E-state index contributed by atoms with van der Waals surface area (Å²) in [5.41, 5.74) is 0.609. The van der Waals surface area contributed by atoms with Gasteiger partial charge in [-0.25, -0.2) is 4.79 Å². The molecule has 1 aliphatic heterocycles. The van der Waals surface area contributed by atoms with Crippen LogP contribution >= 0.6 is 0 Å². The van der Waals surface area contributed by atoms with Crippen molar-refractivity contribution in [3.8, 4) is 0 Å². The fourth-order valence-corrected chi connectivity index (χ4v) is 2.59. The summed E-state index contributed by atoms with van der Waals surface area (Å²) in [6.45, 7) is 1.69. The van der Waals surface area contributed by atoms with Crippen molar-refractivity contribution < 1.29 is 19.5 Å². The number of piperidine rings is 1. The molecule has 124 valence electrons. The number of anilines is 1. The number of rotatable bonds is 5. The number of benzene rings is 1. The van der Waals surface area contributed by atoms with Crippen molar-refractivity contribution in [1.29, 1.82) is 0 Å². The number of nitrogens with zero attached hydrogens (tertiary/aromatic N) is 1. The second-order valence-electron chi connectivity index (χ2n) is 5.60. The summed E-state index contributed by atoms with van der Waals surface area (Å²) in [4.78, 5) is 36.4. The van der Waals surface area contributed by atoms with Gasteiger partial charge in [-0.05, 0) is 31.5 Å². The fraction of sp³-hybridized carbons (Fsp3) is 0.438. The number of carboxylic acids is 1. The van der Waals surface area contributed by atoms with Crippen LogP contribution in [0.3, 0.4) is 0 Å². The number of aliphatic carboxylic acids is 1. The molecule has 0 bridgehead atoms. The Morgan fingerprint density at radius 1 is 1.22 bits per heavy atom. The Kier molecular flexibility index (Phi) is 6.10. The highest BCUT2D eigenvalue weighted by Gasteiger charge is 2.25. The van der Waals surface area contributed by atoms with Crippen LogP contribution in [0.15, 0.2) is 30.3 Å². The van der Waals surface area contributed by atoms with E-state index < -0.39 is 12.0 Å². The Bertz CT molecular complexity index is 562. The Morgan fingerprint density at radius 3 is 2.65 bits per heavy atom. The highest BCUT2D eigenvalue weighted by molar-refractivity contribution is 6.01. The number of hydrogen-bond acceptors (Lipinski definition) is 4. The highest BCUT2D eigenvalue weighted by atomic mass is 16.4. The van der Waals surface area contributed by atoms with Crippen molar-refractivity contribution in [2.45, 2.75) is 19.3 Å². The van der Waals surface area contributed by atoms with E-state index in [1.807, 2.05) is 11.0 Å². The molecule has 3 amide bonds. The molecule has 0 saturated carbocycles. The third kappa shape index (κ3) is 5.71. The number of carbonyl (C=O) groups excluding carboxylic acids is 2. The second kappa shape index (κ2) is 8.28. The SMILES string of the molecule is O=C(CCN1CCCC(C(=O)O)C1)NC(=O)Nc1ccccc1. The molecule has 1 saturated heterocycles. The fourth-order valence-electron chi connectivity index (χ4n) is 2.59. The van der Waals surface area contributed by atoms with Gasteiger partial charge in [0, 0.05) is 25.2 Å². The molecular formula is C16H21N3O4.